The number of allylic oxidation sites excluding steroid dienone is 3. The second-order valence-electron chi connectivity index (χ2n) is 3.74. The van der Waals surface area contributed by atoms with Gasteiger partial charge in [-0.25, -0.2) is 0 Å². The number of nitriles is 3. The van der Waals surface area contributed by atoms with Gasteiger partial charge in [0.2, 0.25) is 0 Å². The second kappa shape index (κ2) is 6.20. The summed E-state index contributed by atoms with van der Waals surface area (Å²) in [4.78, 5) is 1.92. The molecule has 2 N–H and O–H groups in total. The Morgan fingerprint density at radius 1 is 1.00 bits per heavy atom. The molecule has 0 spiro atoms. The van der Waals surface area contributed by atoms with E-state index in [0.717, 1.165) is 25.9 Å². The molecule has 0 radical (unpaired) electrons. The van der Waals surface area contributed by atoms with Gasteiger partial charge in [-0.05, 0) is 25.3 Å². The quantitative estimate of drug-likeness (QED) is 0.563. The standard InChI is InChI=1S/C12H13N5/c13-7-10(8-14)6-11(9-15)12(16)17-4-2-1-3-5-17/h6H,1-5,16H2/b12-11-. The van der Waals surface area contributed by atoms with Gasteiger partial charge in [0.15, 0.2) is 0 Å². The molecule has 0 aromatic rings. The molecule has 0 amide bonds. The predicted octanol–water partition coefficient (Wildman–Crippen LogP) is 1.14. The number of nitrogens with zero attached hydrogens (tertiary/aromatic N) is 4. The molecule has 17 heavy (non-hydrogen) atoms. The van der Waals surface area contributed by atoms with Crippen LogP contribution in [0.15, 0.2) is 23.0 Å². The molecule has 5 nitrogen and oxygen atoms in total. The molecule has 1 fully saturated rings. The fourth-order valence-electron chi connectivity index (χ4n) is 1.70. The highest BCUT2D eigenvalue weighted by Crippen LogP contribution is 2.15. The van der Waals surface area contributed by atoms with E-state index in [2.05, 4.69) is 0 Å². The number of nitrogens with two attached hydrogens (primary N) is 1. The number of hydrogen-bond acceptors (Lipinski definition) is 5. The maximum Gasteiger partial charge on any atom is 0.131 e. The van der Waals surface area contributed by atoms with Crippen molar-refractivity contribution in [2.75, 3.05) is 13.1 Å². The van der Waals surface area contributed by atoms with E-state index in [1.807, 2.05) is 11.0 Å². The number of rotatable bonds is 2. The first-order valence-corrected chi connectivity index (χ1v) is 5.39. The van der Waals surface area contributed by atoms with E-state index in [-0.39, 0.29) is 11.1 Å². The second-order valence-corrected chi connectivity index (χ2v) is 3.74. The highest BCUT2D eigenvalue weighted by atomic mass is 15.2. The Labute approximate surface area is 101 Å². The van der Waals surface area contributed by atoms with Gasteiger partial charge >= 0.3 is 0 Å². The van der Waals surface area contributed by atoms with Crippen molar-refractivity contribution in [2.24, 2.45) is 5.73 Å². The first kappa shape index (κ1) is 12.6. The minimum absolute atomic E-state index is 0.110. The van der Waals surface area contributed by atoms with Gasteiger partial charge in [-0.15, -0.1) is 0 Å². The van der Waals surface area contributed by atoms with Gasteiger partial charge in [0.05, 0.1) is 5.57 Å². The van der Waals surface area contributed by atoms with Gasteiger partial charge < -0.3 is 10.6 Å². The molecule has 1 saturated heterocycles. The van der Waals surface area contributed by atoms with Crippen LogP contribution in [0, 0.1) is 34.0 Å². The van der Waals surface area contributed by atoms with E-state index in [0.29, 0.717) is 5.82 Å². The van der Waals surface area contributed by atoms with E-state index >= 15 is 0 Å². The van der Waals surface area contributed by atoms with Crippen LogP contribution in [-0.4, -0.2) is 18.0 Å². The van der Waals surface area contributed by atoms with Crippen LogP contribution >= 0.6 is 0 Å². The molecule has 1 aliphatic heterocycles. The minimum atomic E-state index is -0.110. The molecule has 0 aromatic heterocycles. The molecule has 0 aliphatic carbocycles. The number of hydrogen-bond donors (Lipinski definition) is 1. The Kier molecular flexibility index (Phi) is 4.60. The fraction of sp³-hybridized carbons (Fsp3) is 0.417. The Bertz CT molecular complexity index is 445. The zero-order valence-corrected chi connectivity index (χ0v) is 9.48. The van der Waals surface area contributed by atoms with Crippen LogP contribution < -0.4 is 5.73 Å². The van der Waals surface area contributed by atoms with Crippen LogP contribution in [-0.2, 0) is 0 Å². The predicted molar refractivity (Wildman–Crippen MR) is 61.6 cm³/mol. The molecule has 1 heterocycles. The summed E-state index contributed by atoms with van der Waals surface area (Å²) in [7, 11) is 0. The summed E-state index contributed by atoms with van der Waals surface area (Å²) in [6.07, 6.45) is 4.51. The van der Waals surface area contributed by atoms with Crippen molar-refractivity contribution < 1.29 is 0 Å². The molecule has 0 saturated carbocycles. The van der Waals surface area contributed by atoms with E-state index in [4.69, 9.17) is 21.5 Å². The molecule has 1 rings (SSSR count). The molecule has 0 atom stereocenters. The lowest BCUT2D eigenvalue weighted by Gasteiger charge is -2.29. The summed E-state index contributed by atoms with van der Waals surface area (Å²) in [5, 5.41) is 26.3. The van der Waals surface area contributed by atoms with Crippen molar-refractivity contribution in [3.63, 3.8) is 0 Å². The summed E-state index contributed by atoms with van der Waals surface area (Å²) in [6, 6.07) is 5.36. The Morgan fingerprint density at radius 2 is 1.59 bits per heavy atom. The number of piperidine rings is 1. The first-order chi connectivity index (χ1) is 8.22. The van der Waals surface area contributed by atoms with Gasteiger partial charge in [-0.3, -0.25) is 0 Å². The zero-order chi connectivity index (χ0) is 12.7. The molecule has 0 aromatic carbocycles. The molecule has 0 unspecified atom stereocenters. The van der Waals surface area contributed by atoms with Crippen molar-refractivity contribution >= 4 is 0 Å². The third-order valence-electron chi connectivity index (χ3n) is 2.62. The van der Waals surface area contributed by atoms with E-state index < -0.39 is 0 Å². The fourth-order valence-corrected chi connectivity index (χ4v) is 1.70. The van der Waals surface area contributed by atoms with Crippen molar-refractivity contribution in [1.29, 1.82) is 15.8 Å². The van der Waals surface area contributed by atoms with Gasteiger partial charge in [-0.1, -0.05) is 0 Å². The third-order valence-corrected chi connectivity index (χ3v) is 2.62. The summed E-state index contributed by atoms with van der Waals surface area (Å²) in [5.74, 6) is 0.357. The lowest BCUT2D eigenvalue weighted by atomic mass is 10.1. The molecule has 1 aliphatic rings. The van der Waals surface area contributed by atoms with Crippen LogP contribution in [0.5, 0.6) is 0 Å². The highest BCUT2D eigenvalue weighted by Gasteiger charge is 2.14. The molecule has 0 bridgehead atoms. The van der Waals surface area contributed by atoms with Crippen molar-refractivity contribution in [3.8, 4) is 18.2 Å². The van der Waals surface area contributed by atoms with Crippen LogP contribution in [0.3, 0.4) is 0 Å². The van der Waals surface area contributed by atoms with Gasteiger partial charge in [0.25, 0.3) is 0 Å². The lowest BCUT2D eigenvalue weighted by Crippen LogP contribution is -2.33. The Morgan fingerprint density at radius 3 is 2.06 bits per heavy atom. The van der Waals surface area contributed by atoms with Crippen LogP contribution in [0.2, 0.25) is 0 Å². The van der Waals surface area contributed by atoms with Crippen molar-refractivity contribution in [1.82, 2.24) is 4.90 Å². The minimum Gasteiger partial charge on any atom is -0.384 e. The molecule has 86 valence electrons. The van der Waals surface area contributed by atoms with E-state index in [9.17, 15) is 0 Å². The van der Waals surface area contributed by atoms with Crippen LogP contribution in [0.25, 0.3) is 0 Å². The molecule has 5 heteroatoms. The van der Waals surface area contributed by atoms with Crippen LogP contribution in [0.1, 0.15) is 19.3 Å². The van der Waals surface area contributed by atoms with Crippen molar-refractivity contribution in [2.45, 2.75) is 19.3 Å². The SMILES string of the molecule is N#CC(C#N)=C/C(C#N)=C(\N)N1CCCCC1. The van der Waals surface area contributed by atoms with Gasteiger partial charge in [0, 0.05) is 13.1 Å². The maximum absolute atomic E-state index is 8.99. The average Bonchev–Trinajstić information content (AvgIpc) is 2.40. The smallest absolute Gasteiger partial charge is 0.131 e. The average molecular weight is 227 g/mol. The molecular formula is C12H13N5. The summed E-state index contributed by atoms with van der Waals surface area (Å²) >= 11 is 0. The van der Waals surface area contributed by atoms with Gasteiger partial charge in [0.1, 0.15) is 29.6 Å². The van der Waals surface area contributed by atoms with Crippen LogP contribution in [0.4, 0.5) is 0 Å². The van der Waals surface area contributed by atoms with E-state index in [1.165, 1.54) is 12.5 Å². The maximum atomic E-state index is 8.99. The summed E-state index contributed by atoms with van der Waals surface area (Å²) < 4.78 is 0. The zero-order valence-electron chi connectivity index (χ0n) is 9.48. The van der Waals surface area contributed by atoms with Crippen molar-refractivity contribution in [3.05, 3.63) is 23.0 Å². The third kappa shape index (κ3) is 3.26. The monoisotopic (exact) mass is 227 g/mol. The highest BCUT2D eigenvalue weighted by molar-refractivity contribution is 5.47. The molecular weight excluding hydrogens is 214 g/mol. The number of likely N-dealkylation sites (tertiary alicyclic amines) is 1. The normalized spacial score (nSPS) is 15.9. The summed E-state index contributed by atoms with van der Waals surface area (Å²) in [6.45, 7) is 1.64. The first-order valence-electron chi connectivity index (χ1n) is 5.39. The van der Waals surface area contributed by atoms with Gasteiger partial charge in [-0.2, -0.15) is 15.8 Å². The largest absolute Gasteiger partial charge is 0.384 e. The summed E-state index contributed by atoms with van der Waals surface area (Å²) in [5.41, 5.74) is 5.96. The Hall–Kier alpha value is -2.45. The van der Waals surface area contributed by atoms with E-state index in [1.54, 1.807) is 12.1 Å². The topological polar surface area (TPSA) is 101 Å². The Balaban J connectivity index is 2.99. The lowest BCUT2D eigenvalue weighted by molar-refractivity contribution is 0.281.